The Hall–Kier alpha value is -4.00. The van der Waals surface area contributed by atoms with Crippen LogP contribution in [0.15, 0.2) is 60.7 Å². The number of nitrogens with one attached hydrogen (secondary N) is 2. The van der Waals surface area contributed by atoms with Crippen LogP contribution in [-0.4, -0.2) is 60.4 Å². The van der Waals surface area contributed by atoms with Gasteiger partial charge in [0, 0.05) is 51.0 Å². The standard InChI is InChI=1S/C36H45N3O8/c1-44-32-17-28-15-16-39(21-29(28)18-33(32)45-2)22-30-19-31(26-11-9-25(23-40)10-12-26)47-36(46-30)27-13-7-24(8-14-27)20-37-34(41)5-3-4-6-35(42)38-43/h7-14,17-18,30-31,36,40,43H,3-6,15-16,19-23H2,1-2H3,(H,37,41)(H,38,42). The summed E-state index contributed by atoms with van der Waals surface area (Å²) in [6.45, 7) is 2.81. The first-order valence-electron chi connectivity index (χ1n) is 16.1. The van der Waals surface area contributed by atoms with Gasteiger partial charge in [0.1, 0.15) is 0 Å². The minimum Gasteiger partial charge on any atom is -0.493 e. The highest BCUT2D eigenvalue weighted by Gasteiger charge is 2.34. The summed E-state index contributed by atoms with van der Waals surface area (Å²) in [7, 11) is 3.32. The third-order valence-corrected chi connectivity index (χ3v) is 8.80. The predicted octanol–water partition coefficient (Wildman–Crippen LogP) is 4.48. The molecule has 1 saturated heterocycles. The topological polar surface area (TPSA) is 139 Å². The predicted molar refractivity (Wildman–Crippen MR) is 174 cm³/mol. The number of unbranched alkanes of at least 4 members (excludes halogenated alkanes) is 1. The Morgan fingerprint density at radius 1 is 0.872 bits per heavy atom. The molecule has 0 bridgehead atoms. The maximum Gasteiger partial charge on any atom is 0.243 e. The number of aliphatic hydroxyl groups excluding tert-OH is 1. The highest BCUT2D eigenvalue weighted by atomic mass is 16.7. The summed E-state index contributed by atoms with van der Waals surface area (Å²) in [6, 6.07) is 19.9. The molecule has 2 amide bonds. The molecule has 47 heavy (non-hydrogen) atoms. The van der Waals surface area contributed by atoms with Gasteiger partial charge in [0.15, 0.2) is 17.8 Å². The van der Waals surface area contributed by atoms with Gasteiger partial charge < -0.3 is 29.4 Å². The van der Waals surface area contributed by atoms with Crippen LogP contribution >= 0.6 is 0 Å². The van der Waals surface area contributed by atoms with E-state index in [1.807, 2.05) is 48.5 Å². The second-order valence-electron chi connectivity index (χ2n) is 12.1. The normalized spacial score (nSPS) is 19.4. The van der Waals surface area contributed by atoms with E-state index in [9.17, 15) is 14.7 Å². The lowest BCUT2D eigenvalue weighted by Crippen LogP contribution is -2.41. The quantitative estimate of drug-likeness (QED) is 0.113. The number of nitrogens with zero attached hydrogens (tertiary/aromatic N) is 1. The van der Waals surface area contributed by atoms with Crippen LogP contribution in [0.3, 0.4) is 0 Å². The van der Waals surface area contributed by atoms with Crippen LogP contribution in [-0.2, 0) is 45.2 Å². The van der Waals surface area contributed by atoms with Crippen LogP contribution in [0.25, 0.3) is 0 Å². The van der Waals surface area contributed by atoms with Crippen molar-refractivity contribution in [2.45, 2.75) is 76.7 Å². The fourth-order valence-corrected chi connectivity index (χ4v) is 6.13. The fourth-order valence-electron chi connectivity index (χ4n) is 6.13. The number of ether oxygens (including phenoxy) is 4. The van der Waals surface area contributed by atoms with Gasteiger partial charge in [-0.2, -0.15) is 0 Å². The van der Waals surface area contributed by atoms with Gasteiger partial charge >= 0.3 is 0 Å². The molecule has 11 nitrogen and oxygen atoms in total. The molecule has 2 aliphatic rings. The lowest BCUT2D eigenvalue weighted by Gasteiger charge is -2.39. The number of benzene rings is 3. The van der Waals surface area contributed by atoms with Crippen LogP contribution in [0, 0.1) is 0 Å². The van der Waals surface area contributed by atoms with E-state index in [4.69, 9.17) is 24.2 Å². The second kappa shape index (κ2) is 16.7. The number of fused-ring (bicyclic) bond motifs is 1. The van der Waals surface area contributed by atoms with Crippen LogP contribution in [0.2, 0.25) is 0 Å². The molecule has 0 radical (unpaired) electrons. The van der Waals surface area contributed by atoms with Crippen molar-refractivity contribution in [2.75, 3.05) is 27.3 Å². The Labute approximate surface area is 275 Å². The molecular formula is C36H45N3O8. The van der Waals surface area contributed by atoms with Gasteiger partial charge in [-0.3, -0.25) is 19.7 Å². The molecule has 0 aromatic heterocycles. The van der Waals surface area contributed by atoms with E-state index in [0.29, 0.717) is 32.2 Å². The number of hydrogen-bond donors (Lipinski definition) is 4. The van der Waals surface area contributed by atoms with Crippen LogP contribution < -0.4 is 20.3 Å². The Morgan fingerprint density at radius 2 is 1.51 bits per heavy atom. The average Bonchev–Trinajstić information content (AvgIpc) is 3.11. The van der Waals surface area contributed by atoms with Crippen molar-refractivity contribution in [1.82, 2.24) is 15.7 Å². The molecule has 0 aliphatic carbocycles. The fraction of sp³-hybridized carbons (Fsp3) is 0.444. The minimum atomic E-state index is -0.572. The molecule has 2 heterocycles. The number of hydroxylamine groups is 1. The molecular weight excluding hydrogens is 602 g/mol. The van der Waals surface area contributed by atoms with Gasteiger partial charge in [0.25, 0.3) is 0 Å². The summed E-state index contributed by atoms with van der Waals surface area (Å²) in [5, 5.41) is 21.0. The first kappa shape index (κ1) is 34.3. The van der Waals surface area contributed by atoms with Gasteiger partial charge in [-0.25, -0.2) is 5.48 Å². The molecule has 0 spiro atoms. The first-order chi connectivity index (χ1) is 22.9. The highest BCUT2D eigenvalue weighted by molar-refractivity contribution is 5.76. The summed E-state index contributed by atoms with van der Waals surface area (Å²) < 4.78 is 24.2. The maximum absolute atomic E-state index is 12.3. The largest absolute Gasteiger partial charge is 0.493 e. The second-order valence-corrected chi connectivity index (χ2v) is 12.1. The van der Waals surface area contributed by atoms with Crippen molar-refractivity contribution in [3.05, 3.63) is 94.0 Å². The molecule has 252 valence electrons. The molecule has 11 heteroatoms. The van der Waals surface area contributed by atoms with Crippen molar-refractivity contribution < 1.29 is 38.9 Å². The Morgan fingerprint density at radius 3 is 2.17 bits per heavy atom. The SMILES string of the molecule is COc1cc2c(cc1OC)CN(CC1CC(c3ccc(CO)cc3)OC(c3ccc(CNC(=O)CCCCC(=O)NO)cc3)O1)CC2. The smallest absolute Gasteiger partial charge is 0.243 e. The van der Waals surface area contributed by atoms with E-state index in [2.05, 4.69) is 22.3 Å². The van der Waals surface area contributed by atoms with Gasteiger partial charge in [-0.05, 0) is 59.2 Å². The van der Waals surface area contributed by atoms with Crippen molar-refractivity contribution in [3.8, 4) is 11.5 Å². The maximum atomic E-state index is 12.3. The van der Waals surface area contributed by atoms with Crippen molar-refractivity contribution in [3.63, 3.8) is 0 Å². The monoisotopic (exact) mass is 647 g/mol. The number of aliphatic hydroxyl groups is 1. The zero-order valence-corrected chi connectivity index (χ0v) is 27.1. The molecule has 2 aliphatic heterocycles. The summed E-state index contributed by atoms with van der Waals surface area (Å²) in [4.78, 5) is 25.8. The molecule has 1 fully saturated rings. The number of carbonyl (C=O) groups excluding carboxylic acids is 2. The number of methoxy groups -OCH3 is 2. The molecule has 3 aromatic carbocycles. The van der Waals surface area contributed by atoms with E-state index in [-0.39, 0.29) is 31.1 Å². The molecule has 0 saturated carbocycles. The number of amides is 2. The third kappa shape index (κ3) is 9.30. The number of hydrogen-bond acceptors (Lipinski definition) is 9. The molecule has 3 aromatic rings. The van der Waals surface area contributed by atoms with Crippen LogP contribution in [0.1, 0.15) is 77.9 Å². The molecule has 5 rings (SSSR count). The summed E-state index contributed by atoms with van der Waals surface area (Å²) >= 11 is 0. The summed E-state index contributed by atoms with van der Waals surface area (Å²) in [5.41, 5.74) is 7.83. The van der Waals surface area contributed by atoms with Crippen molar-refractivity contribution >= 4 is 11.8 Å². The van der Waals surface area contributed by atoms with Gasteiger partial charge in [-0.1, -0.05) is 48.5 Å². The lowest BCUT2D eigenvalue weighted by atomic mass is 9.97. The van der Waals surface area contributed by atoms with E-state index < -0.39 is 12.2 Å². The molecule has 4 N–H and O–H groups in total. The van der Waals surface area contributed by atoms with Crippen molar-refractivity contribution in [1.29, 1.82) is 0 Å². The average molecular weight is 648 g/mol. The van der Waals surface area contributed by atoms with E-state index in [1.54, 1.807) is 19.7 Å². The van der Waals surface area contributed by atoms with Crippen molar-refractivity contribution in [2.24, 2.45) is 0 Å². The third-order valence-electron chi connectivity index (χ3n) is 8.80. The Balaban J connectivity index is 1.23. The van der Waals surface area contributed by atoms with E-state index >= 15 is 0 Å². The zero-order valence-electron chi connectivity index (χ0n) is 27.1. The summed E-state index contributed by atoms with van der Waals surface area (Å²) in [6.07, 6.45) is 2.35. The lowest BCUT2D eigenvalue weighted by molar-refractivity contribution is -0.253. The van der Waals surface area contributed by atoms with Gasteiger partial charge in [0.2, 0.25) is 11.8 Å². The first-order valence-corrected chi connectivity index (χ1v) is 16.1. The Kier molecular flexibility index (Phi) is 12.2. The van der Waals surface area contributed by atoms with Gasteiger partial charge in [0.05, 0.1) is 33.0 Å². The zero-order chi connectivity index (χ0) is 33.2. The van der Waals surface area contributed by atoms with E-state index in [1.165, 1.54) is 11.1 Å². The summed E-state index contributed by atoms with van der Waals surface area (Å²) in [5.74, 6) is 0.942. The van der Waals surface area contributed by atoms with Gasteiger partial charge in [-0.15, -0.1) is 0 Å². The molecule has 3 atom stereocenters. The number of carbonyl (C=O) groups is 2. The minimum absolute atomic E-state index is 0.0105. The van der Waals surface area contributed by atoms with Crippen LogP contribution in [0.4, 0.5) is 0 Å². The Bertz CT molecular complexity index is 1480. The van der Waals surface area contributed by atoms with E-state index in [0.717, 1.165) is 59.8 Å². The molecule has 3 unspecified atom stereocenters. The van der Waals surface area contributed by atoms with Crippen LogP contribution in [0.5, 0.6) is 11.5 Å². The highest BCUT2D eigenvalue weighted by Crippen LogP contribution is 2.39. The number of rotatable bonds is 14.